The fourth-order valence-electron chi connectivity index (χ4n) is 2.06. The molecule has 25 heavy (non-hydrogen) atoms. The van der Waals surface area contributed by atoms with E-state index in [4.69, 9.17) is 0 Å². The van der Waals surface area contributed by atoms with Gasteiger partial charge < -0.3 is 0 Å². The fourth-order valence-corrected chi connectivity index (χ4v) is 5.24. The summed E-state index contributed by atoms with van der Waals surface area (Å²) in [4.78, 5) is 12.0. The number of carbonyl (C=O) groups excluding carboxylic acids is 1. The minimum Gasteiger partial charge on any atom is -0.300 e. The van der Waals surface area contributed by atoms with Crippen molar-refractivity contribution in [2.24, 2.45) is 0 Å². The second kappa shape index (κ2) is 7.73. The number of hydrogen-bond acceptors (Lipinski definition) is 7. The standard InChI is InChI=1S/C15H12BrN3O3S3/c16-12-3-1-2-10(6-12)8-25(21,22)9-13(20)17-15-19-18-14(24-15)11-4-5-23-7-11/h1-7H,8-9H2,(H,17,19,20). The van der Waals surface area contributed by atoms with Gasteiger partial charge in [0.15, 0.2) is 9.84 Å². The van der Waals surface area contributed by atoms with Crippen molar-refractivity contribution in [1.82, 2.24) is 10.2 Å². The molecule has 0 bridgehead atoms. The summed E-state index contributed by atoms with van der Waals surface area (Å²) in [6, 6.07) is 8.89. The van der Waals surface area contributed by atoms with Gasteiger partial charge in [0, 0.05) is 15.4 Å². The van der Waals surface area contributed by atoms with Crippen LogP contribution < -0.4 is 5.32 Å². The molecule has 2 heterocycles. The second-order valence-corrected chi connectivity index (χ2v) is 9.87. The van der Waals surface area contributed by atoms with Crippen molar-refractivity contribution < 1.29 is 13.2 Å². The zero-order chi connectivity index (χ0) is 17.9. The maximum absolute atomic E-state index is 12.2. The van der Waals surface area contributed by atoms with Gasteiger partial charge in [0.2, 0.25) is 11.0 Å². The van der Waals surface area contributed by atoms with Gasteiger partial charge in [-0.05, 0) is 29.1 Å². The van der Waals surface area contributed by atoms with E-state index in [0.717, 1.165) is 10.0 Å². The van der Waals surface area contributed by atoms with E-state index in [2.05, 4.69) is 31.4 Å². The van der Waals surface area contributed by atoms with Gasteiger partial charge in [-0.25, -0.2) is 8.42 Å². The third kappa shape index (κ3) is 5.18. The highest BCUT2D eigenvalue weighted by molar-refractivity contribution is 9.10. The molecule has 0 atom stereocenters. The Morgan fingerprint density at radius 2 is 2.08 bits per heavy atom. The molecule has 0 saturated heterocycles. The summed E-state index contributed by atoms with van der Waals surface area (Å²) in [5.41, 5.74) is 1.54. The van der Waals surface area contributed by atoms with Crippen LogP contribution in [0.3, 0.4) is 0 Å². The molecular weight excluding hydrogens is 446 g/mol. The average molecular weight is 458 g/mol. The van der Waals surface area contributed by atoms with Gasteiger partial charge >= 0.3 is 0 Å². The van der Waals surface area contributed by atoms with Gasteiger partial charge in [0.1, 0.15) is 10.8 Å². The predicted octanol–water partition coefficient (Wildman–Crippen LogP) is 3.58. The van der Waals surface area contributed by atoms with E-state index in [-0.39, 0.29) is 10.9 Å². The number of sulfone groups is 1. The van der Waals surface area contributed by atoms with Crippen LogP contribution in [-0.2, 0) is 20.4 Å². The Hall–Kier alpha value is -1.62. The van der Waals surface area contributed by atoms with Gasteiger partial charge in [-0.15, -0.1) is 10.2 Å². The van der Waals surface area contributed by atoms with Gasteiger partial charge in [0.05, 0.1) is 5.75 Å². The highest BCUT2D eigenvalue weighted by atomic mass is 79.9. The third-order valence-corrected chi connectivity index (χ3v) is 6.61. The molecule has 0 unspecified atom stereocenters. The minimum absolute atomic E-state index is 0.198. The molecule has 1 aromatic carbocycles. The molecule has 0 aliphatic rings. The zero-order valence-electron chi connectivity index (χ0n) is 12.7. The first-order valence-corrected chi connectivity index (χ1v) is 11.4. The van der Waals surface area contributed by atoms with Gasteiger partial charge in [-0.3, -0.25) is 10.1 Å². The van der Waals surface area contributed by atoms with Crippen LogP contribution in [0, 0.1) is 0 Å². The number of benzene rings is 1. The van der Waals surface area contributed by atoms with Crippen LogP contribution in [0.1, 0.15) is 5.56 Å². The highest BCUT2D eigenvalue weighted by Crippen LogP contribution is 2.27. The van der Waals surface area contributed by atoms with Crippen LogP contribution in [-0.4, -0.2) is 30.3 Å². The maximum Gasteiger partial charge on any atom is 0.241 e. The van der Waals surface area contributed by atoms with Crippen LogP contribution in [0.15, 0.2) is 45.6 Å². The van der Waals surface area contributed by atoms with E-state index in [1.807, 2.05) is 22.9 Å². The first-order chi connectivity index (χ1) is 11.9. The van der Waals surface area contributed by atoms with E-state index in [9.17, 15) is 13.2 Å². The molecule has 1 amide bonds. The lowest BCUT2D eigenvalue weighted by Crippen LogP contribution is -2.23. The van der Waals surface area contributed by atoms with Crippen molar-refractivity contribution in [3.8, 4) is 10.6 Å². The molecule has 3 rings (SSSR count). The first kappa shape index (κ1) is 18.2. The Morgan fingerprint density at radius 3 is 2.80 bits per heavy atom. The maximum atomic E-state index is 12.2. The third-order valence-electron chi connectivity index (χ3n) is 3.07. The molecule has 0 radical (unpaired) electrons. The van der Waals surface area contributed by atoms with Crippen molar-refractivity contribution in [2.45, 2.75) is 5.75 Å². The van der Waals surface area contributed by atoms with Crippen molar-refractivity contribution in [3.63, 3.8) is 0 Å². The van der Waals surface area contributed by atoms with Gasteiger partial charge in [-0.1, -0.05) is 39.4 Å². The Balaban J connectivity index is 1.62. The zero-order valence-corrected chi connectivity index (χ0v) is 16.7. The number of aromatic nitrogens is 2. The molecule has 10 heteroatoms. The Morgan fingerprint density at radius 1 is 1.24 bits per heavy atom. The molecule has 6 nitrogen and oxygen atoms in total. The average Bonchev–Trinajstić information content (AvgIpc) is 3.16. The number of anilines is 1. The summed E-state index contributed by atoms with van der Waals surface area (Å²) in [6.45, 7) is 0. The van der Waals surface area contributed by atoms with E-state index in [1.54, 1.807) is 18.2 Å². The largest absolute Gasteiger partial charge is 0.300 e. The Bertz CT molecular complexity index is 984. The summed E-state index contributed by atoms with van der Waals surface area (Å²) in [6.07, 6.45) is 0. The summed E-state index contributed by atoms with van der Waals surface area (Å²) >= 11 is 6.03. The number of rotatable bonds is 6. The number of thiophene rings is 1. The van der Waals surface area contributed by atoms with Crippen LogP contribution >= 0.6 is 38.6 Å². The van der Waals surface area contributed by atoms with Crippen molar-refractivity contribution in [1.29, 1.82) is 0 Å². The van der Waals surface area contributed by atoms with E-state index >= 15 is 0 Å². The summed E-state index contributed by atoms with van der Waals surface area (Å²) in [7, 11) is -3.58. The SMILES string of the molecule is O=C(CS(=O)(=O)Cc1cccc(Br)c1)Nc1nnc(-c2ccsc2)s1. The molecular formula is C15H12BrN3O3S3. The second-order valence-electron chi connectivity index (χ2n) is 5.13. The lowest BCUT2D eigenvalue weighted by molar-refractivity contribution is -0.113. The predicted molar refractivity (Wildman–Crippen MR) is 103 cm³/mol. The van der Waals surface area contributed by atoms with Crippen LogP contribution in [0.4, 0.5) is 5.13 Å². The molecule has 130 valence electrons. The number of carbonyl (C=O) groups is 1. The molecule has 1 N–H and O–H groups in total. The molecule has 3 aromatic rings. The number of nitrogens with zero attached hydrogens (tertiary/aromatic N) is 2. The smallest absolute Gasteiger partial charge is 0.241 e. The normalized spacial score (nSPS) is 11.4. The lowest BCUT2D eigenvalue weighted by atomic mass is 10.2. The number of halogens is 1. The number of hydrogen-bond donors (Lipinski definition) is 1. The molecule has 0 aliphatic carbocycles. The fraction of sp³-hybridized carbons (Fsp3) is 0.133. The van der Waals surface area contributed by atoms with Gasteiger partial charge in [0.25, 0.3) is 0 Å². The minimum atomic E-state index is -3.58. The Kier molecular flexibility index (Phi) is 5.62. The summed E-state index contributed by atoms with van der Waals surface area (Å²) in [5, 5.41) is 15.2. The van der Waals surface area contributed by atoms with Crippen molar-refractivity contribution in [3.05, 3.63) is 51.1 Å². The lowest BCUT2D eigenvalue weighted by Gasteiger charge is -2.05. The van der Waals surface area contributed by atoms with Crippen molar-refractivity contribution >= 4 is 59.5 Å². The van der Waals surface area contributed by atoms with Crippen LogP contribution in [0.5, 0.6) is 0 Å². The summed E-state index contributed by atoms with van der Waals surface area (Å²) < 4.78 is 25.2. The molecule has 2 aromatic heterocycles. The molecule has 0 spiro atoms. The summed E-state index contributed by atoms with van der Waals surface area (Å²) in [5.74, 6) is -1.42. The molecule has 0 aliphatic heterocycles. The van der Waals surface area contributed by atoms with E-state index in [1.165, 1.54) is 22.7 Å². The monoisotopic (exact) mass is 457 g/mol. The van der Waals surface area contributed by atoms with E-state index in [0.29, 0.717) is 10.6 Å². The van der Waals surface area contributed by atoms with E-state index < -0.39 is 21.5 Å². The first-order valence-electron chi connectivity index (χ1n) is 7.02. The number of amides is 1. The van der Waals surface area contributed by atoms with Crippen LogP contribution in [0.25, 0.3) is 10.6 Å². The molecule has 0 fully saturated rings. The van der Waals surface area contributed by atoms with Crippen molar-refractivity contribution in [2.75, 3.05) is 11.1 Å². The van der Waals surface area contributed by atoms with Gasteiger partial charge in [-0.2, -0.15) is 11.3 Å². The number of nitrogens with one attached hydrogen (secondary N) is 1. The highest BCUT2D eigenvalue weighted by Gasteiger charge is 2.19. The topological polar surface area (TPSA) is 89.0 Å². The quantitative estimate of drug-likeness (QED) is 0.610. The van der Waals surface area contributed by atoms with Crippen LogP contribution in [0.2, 0.25) is 0 Å². The Labute approximate surface area is 161 Å². The molecule has 0 saturated carbocycles.